The van der Waals surface area contributed by atoms with Crippen molar-refractivity contribution in [1.29, 1.82) is 0 Å². The summed E-state index contributed by atoms with van der Waals surface area (Å²) in [4.78, 5) is 35.4. The lowest BCUT2D eigenvalue weighted by molar-refractivity contribution is -0.137. The number of hydrogen-bond acceptors (Lipinski definition) is 5. The summed E-state index contributed by atoms with van der Waals surface area (Å²) in [5.41, 5.74) is 0.184. The number of carboxylic acid groups (broad SMARTS) is 1. The molecule has 8 nitrogen and oxygen atoms in total. The molecule has 0 aliphatic rings. The first-order chi connectivity index (χ1) is 13.5. The van der Waals surface area contributed by atoms with Crippen LogP contribution in [0, 0.1) is 0 Å². The predicted molar refractivity (Wildman–Crippen MR) is 102 cm³/mol. The van der Waals surface area contributed by atoms with Gasteiger partial charge in [0.1, 0.15) is 23.8 Å². The highest BCUT2D eigenvalue weighted by Crippen LogP contribution is 2.14. The molecule has 148 valence electrons. The minimum Gasteiger partial charge on any atom is -0.494 e. The van der Waals surface area contributed by atoms with Crippen LogP contribution in [-0.2, 0) is 9.59 Å². The van der Waals surface area contributed by atoms with Crippen LogP contribution in [0.4, 0.5) is 0 Å². The molecule has 0 aliphatic heterocycles. The number of carbonyl (C=O) groups is 3. The van der Waals surface area contributed by atoms with Crippen molar-refractivity contribution in [3.8, 4) is 5.75 Å². The van der Waals surface area contributed by atoms with Gasteiger partial charge in [-0.1, -0.05) is 13.3 Å². The maximum absolute atomic E-state index is 12.5. The largest absolute Gasteiger partial charge is 0.494 e. The lowest BCUT2D eigenvalue weighted by atomic mass is 10.2. The lowest BCUT2D eigenvalue weighted by Crippen LogP contribution is -2.37. The van der Waals surface area contributed by atoms with E-state index in [-0.39, 0.29) is 5.70 Å². The molecule has 28 heavy (non-hydrogen) atoms. The van der Waals surface area contributed by atoms with Crippen LogP contribution in [0.15, 0.2) is 52.8 Å². The van der Waals surface area contributed by atoms with Gasteiger partial charge >= 0.3 is 5.97 Å². The lowest BCUT2D eigenvalue weighted by Gasteiger charge is -2.10. The monoisotopic (exact) mass is 386 g/mol. The molecule has 0 radical (unpaired) electrons. The van der Waals surface area contributed by atoms with Gasteiger partial charge in [0.2, 0.25) is 0 Å². The number of carboxylic acids is 1. The Morgan fingerprint density at radius 1 is 1.18 bits per heavy atom. The van der Waals surface area contributed by atoms with Gasteiger partial charge < -0.3 is 24.9 Å². The zero-order valence-electron chi connectivity index (χ0n) is 15.4. The Bertz CT molecular complexity index is 825. The van der Waals surface area contributed by atoms with Gasteiger partial charge in [-0.3, -0.25) is 14.4 Å². The van der Waals surface area contributed by atoms with Gasteiger partial charge in [0.25, 0.3) is 11.8 Å². The maximum atomic E-state index is 12.5. The molecule has 1 heterocycles. The molecule has 2 amide bonds. The minimum absolute atomic E-state index is 0.135. The van der Waals surface area contributed by atoms with Crippen LogP contribution in [0.1, 0.15) is 35.9 Å². The van der Waals surface area contributed by atoms with Crippen LogP contribution >= 0.6 is 0 Å². The topological polar surface area (TPSA) is 118 Å². The highest BCUT2D eigenvalue weighted by atomic mass is 16.5. The van der Waals surface area contributed by atoms with Gasteiger partial charge in [-0.2, -0.15) is 0 Å². The number of furan rings is 1. The molecule has 2 aromatic rings. The minimum atomic E-state index is -1.20. The molecule has 0 fully saturated rings. The molecule has 0 atom stereocenters. The highest BCUT2D eigenvalue weighted by molar-refractivity contribution is 6.05. The smallest absolute Gasteiger partial charge is 0.322 e. The molecular weight excluding hydrogens is 364 g/mol. The molecule has 0 saturated heterocycles. The van der Waals surface area contributed by atoms with Crippen LogP contribution < -0.4 is 15.4 Å². The first-order valence-electron chi connectivity index (χ1n) is 8.79. The van der Waals surface area contributed by atoms with Crippen molar-refractivity contribution >= 4 is 23.9 Å². The first-order valence-corrected chi connectivity index (χ1v) is 8.79. The third kappa shape index (κ3) is 6.64. The van der Waals surface area contributed by atoms with E-state index in [1.807, 2.05) is 0 Å². The third-order valence-electron chi connectivity index (χ3n) is 3.61. The summed E-state index contributed by atoms with van der Waals surface area (Å²) in [5.74, 6) is -1.48. The molecule has 0 saturated carbocycles. The summed E-state index contributed by atoms with van der Waals surface area (Å²) in [6.45, 7) is 2.09. The van der Waals surface area contributed by atoms with E-state index >= 15 is 0 Å². The van der Waals surface area contributed by atoms with Crippen molar-refractivity contribution in [3.05, 3.63) is 59.7 Å². The Hall–Kier alpha value is -3.55. The van der Waals surface area contributed by atoms with E-state index in [9.17, 15) is 14.4 Å². The fourth-order valence-electron chi connectivity index (χ4n) is 2.16. The van der Waals surface area contributed by atoms with Gasteiger partial charge in [-0.25, -0.2) is 0 Å². The maximum Gasteiger partial charge on any atom is 0.322 e. The van der Waals surface area contributed by atoms with E-state index in [4.69, 9.17) is 14.3 Å². The van der Waals surface area contributed by atoms with Gasteiger partial charge in [0, 0.05) is 11.6 Å². The molecule has 0 aliphatic carbocycles. The average Bonchev–Trinajstić information content (AvgIpc) is 3.19. The molecule has 3 N–H and O–H groups in total. The Morgan fingerprint density at radius 3 is 2.54 bits per heavy atom. The zero-order chi connectivity index (χ0) is 20.4. The second-order valence-electron chi connectivity index (χ2n) is 5.83. The van der Waals surface area contributed by atoms with Crippen LogP contribution in [0.3, 0.4) is 0 Å². The SMILES string of the molecule is CCCCOc1ccc(C(=O)NC(=Cc2ccco2)C(=O)NCC(=O)O)cc1. The number of hydrogen-bond donors (Lipinski definition) is 3. The molecule has 8 heteroatoms. The van der Waals surface area contributed by atoms with Crippen LogP contribution in [-0.4, -0.2) is 36.0 Å². The quantitative estimate of drug-likeness (QED) is 0.426. The van der Waals surface area contributed by atoms with Crippen molar-refractivity contribution in [2.24, 2.45) is 0 Å². The van der Waals surface area contributed by atoms with Crippen molar-refractivity contribution in [2.75, 3.05) is 13.2 Å². The van der Waals surface area contributed by atoms with E-state index in [1.54, 1.807) is 36.4 Å². The molecule has 0 unspecified atom stereocenters. The average molecular weight is 386 g/mol. The summed E-state index contributed by atoms with van der Waals surface area (Å²) >= 11 is 0. The van der Waals surface area contributed by atoms with Gasteiger partial charge in [-0.15, -0.1) is 0 Å². The highest BCUT2D eigenvalue weighted by Gasteiger charge is 2.16. The number of nitrogens with one attached hydrogen (secondary N) is 2. The van der Waals surface area contributed by atoms with E-state index in [0.717, 1.165) is 12.8 Å². The molecular formula is C20H22N2O6. The summed E-state index contributed by atoms with van der Waals surface area (Å²) in [6, 6.07) is 9.72. The fraction of sp³-hybridized carbons (Fsp3) is 0.250. The number of aliphatic carboxylic acids is 1. The van der Waals surface area contributed by atoms with E-state index in [2.05, 4.69) is 17.6 Å². The molecule has 1 aromatic carbocycles. The summed E-state index contributed by atoms with van der Waals surface area (Å²) in [5, 5.41) is 13.4. The summed E-state index contributed by atoms with van der Waals surface area (Å²) in [7, 11) is 0. The Kier molecular flexibility index (Phi) is 7.83. The standard InChI is InChI=1S/C20H22N2O6/c1-2-3-10-27-15-8-6-14(7-9-15)19(25)22-17(12-16-5-4-11-28-16)20(26)21-13-18(23)24/h4-9,11-12H,2-3,10,13H2,1H3,(H,21,26)(H,22,25)(H,23,24). The fourth-order valence-corrected chi connectivity index (χ4v) is 2.16. The normalized spacial score (nSPS) is 11.0. The van der Waals surface area contributed by atoms with E-state index in [0.29, 0.717) is 23.7 Å². The van der Waals surface area contributed by atoms with Crippen LogP contribution in [0.5, 0.6) is 5.75 Å². The van der Waals surface area contributed by atoms with Crippen molar-refractivity contribution in [1.82, 2.24) is 10.6 Å². The Labute approximate surface area is 162 Å². The summed E-state index contributed by atoms with van der Waals surface area (Å²) in [6.07, 6.45) is 4.69. The zero-order valence-corrected chi connectivity index (χ0v) is 15.4. The number of carbonyl (C=O) groups excluding carboxylic acids is 2. The predicted octanol–water partition coefficient (Wildman–Crippen LogP) is 2.43. The second-order valence-corrected chi connectivity index (χ2v) is 5.83. The number of rotatable bonds is 10. The van der Waals surface area contributed by atoms with Crippen molar-refractivity contribution < 1.29 is 28.6 Å². The molecule has 2 rings (SSSR count). The number of ether oxygens (including phenoxy) is 1. The van der Waals surface area contributed by atoms with Crippen molar-refractivity contribution in [2.45, 2.75) is 19.8 Å². The number of amides is 2. The van der Waals surface area contributed by atoms with Gasteiger partial charge in [0.05, 0.1) is 12.9 Å². The number of benzene rings is 1. The van der Waals surface area contributed by atoms with E-state index < -0.39 is 24.3 Å². The third-order valence-corrected chi connectivity index (χ3v) is 3.61. The first kappa shape index (κ1) is 20.8. The van der Waals surface area contributed by atoms with Gasteiger partial charge in [0.15, 0.2) is 0 Å². The van der Waals surface area contributed by atoms with Crippen LogP contribution in [0.2, 0.25) is 0 Å². The van der Waals surface area contributed by atoms with Crippen LogP contribution in [0.25, 0.3) is 6.08 Å². The molecule has 0 spiro atoms. The van der Waals surface area contributed by atoms with Crippen molar-refractivity contribution in [3.63, 3.8) is 0 Å². The number of unbranched alkanes of at least 4 members (excludes halogenated alkanes) is 1. The molecule has 1 aromatic heterocycles. The molecule has 0 bridgehead atoms. The Balaban J connectivity index is 2.09. The van der Waals surface area contributed by atoms with Gasteiger partial charge in [-0.05, 0) is 42.8 Å². The summed E-state index contributed by atoms with van der Waals surface area (Å²) < 4.78 is 10.7. The second kappa shape index (κ2) is 10.6. The van der Waals surface area contributed by atoms with E-state index in [1.165, 1.54) is 12.3 Å². The Morgan fingerprint density at radius 2 is 1.93 bits per heavy atom.